The Bertz CT molecular complexity index is 294. The lowest BCUT2D eigenvalue weighted by molar-refractivity contribution is -0.800. The van der Waals surface area contributed by atoms with E-state index in [9.17, 15) is 0 Å². The van der Waals surface area contributed by atoms with Crippen molar-refractivity contribution in [1.82, 2.24) is 0 Å². The van der Waals surface area contributed by atoms with Crippen molar-refractivity contribution in [3.05, 3.63) is 0 Å². The Hall–Kier alpha value is -0.200. The zero-order valence-electron chi connectivity index (χ0n) is 18.9. The van der Waals surface area contributed by atoms with Crippen LogP contribution in [-0.2, 0) is 9.47 Å². The van der Waals surface area contributed by atoms with Gasteiger partial charge in [-0.2, -0.15) is 0 Å². The Balaban J connectivity index is 3.55. The number of aliphatic hydroxyl groups excluding tert-OH is 2. The Labute approximate surface area is 174 Å². The molecule has 0 aromatic carbocycles. The van der Waals surface area contributed by atoms with Crippen LogP contribution < -0.4 is 5.32 Å². The third-order valence-corrected chi connectivity index (χ3v) is 5.44. The van der Waals surface area contributed by atoms with Gasteiger partial charge in [0, 0.05) is 0 Å². The van der Waals surface area contributed by atoms with Gasteiger partial charge >= 0.3 is 5.91 Å². The van der Waals surface area contributed by atoms with E-state index in [-0.39, 0.29) is 26.4 Å². The molecule has 0 aliphatic heterocycles. The predicted molar refractivity (Wildman–Crippen MR) is 116 cm³/mol. The van der Waals surface area contributed by atoms with Gasteiger partial charge in [0.25, 0.3) is 0 Å². The maximum atomic E-state index is 9.01. The average molecular weight is 405 g/mol. The summed E-state index contributed by atoms with van der Waals surface area (Å²) in [6.45, 7) is 2.76. The van der Waals surface area contributed by atoms with Crippen molar-refractivity contribution in [2.24, 2.45) is 0 Å². The van der Waals surface area contributed by atoms with Gasteiger partial charge in [-0.1, -0.05) is 96.8 Å². The molecule has 0 aliphatic carbocycles. The van der Waals surface area contributed by atoms with Crippen molar-refractivity contribution in [3.63, 3.8) is 0 Å². The molecular weight excluding hydrogens is 354 g/mol. The summed E-state index contributed by atoms with van der Waals surface area (Å²) in [4.78, 5) is 0. The predicted octanol–water partition coefficient (Wildman–Crippen LogP) is 4.11. The van der Waals surface area contributed by atoms with Gasteiger partial charge in [0.05, 0.1) is 39.9 Å². The molecule has 0 atom stereocenters. The van der Waals surface area contributed by atoms with E-state index in [2.05, 4.69) is 6.92 Å². The first kappa shape index (κ1) is 27.8. The maximum Gasteiger partial charge on any atom is 0.315 e. The monoisotopic (exact) mass is 404 g/mol. The largest absolute Gasteiger partial charge is 0.394 e. The molecule has 5 heteroatoms. The number of unbranched alkanes of at least 4 members (excludes halogenated alkanes) is 14. The van der Waals surface area contributed by atoms with Crippen LogP contribution in [-0.4, -0.2) is 49.6 Å². The summed E-state index contributed by atoms with van der Waals surface area (Å²) < 4.78 is 11.4. The summed E-state index contributed by atoms with van der Waals surface area (Å²) in [7, 11) is 1.92. The molecule has 0 aromatic rings. The van der Waals surface area contributed by atoms with Crippen LogP contribution in [0, 0.1) is 0 Å². The van der Waals surface area contributed by atoms with Gasteiger partial charge in [0.15, 0.2) is 0 Å². The Kier molecular flexibility index (Phi) is 21.4. The minimum Gasteiger partial charge on any atom is -0.394 e. The van der Waals surface area contributed by atoms with Gasteiger partial charge in [-0.05, 0) is 6.42 Å². The van der Waals surface area contributed by atoms with Crippen LogP contribution in [0.4, 0.5) is 0 Å². The van der Waals surface area contributed by atoms with E-state index in [1.807, 2.05) is 12.4 Å². The van der Waals surface area contributed by atoms with Crippen LogP contribution in [0.25, 0.3) is 0 Å². The third-order valence-electron chi connectivity index (χ3n) is 5.44. The minimum absolute atomic E-state index is 0.0169. The molecule has 28 heavy (non-hydrogen) atoms. The van der Waals surface area contributed by atoms with Crippen molar-refractivity contribution in [1.29, 1.82) is 0 Å². The molecule has 0 fully saturated rings. The second-order valence-corrected chi connectivity index (χ2v) is 7.94. The highest BCUT2D eigenvalue weighted by molar-refractivity contribution is 4.57. The van der Waals surface area contributed by atoms with Crippen molar-refractivity contribution in [2.45, 2.75) is 116 Å². The molecule has 0 radical (unpaired) electrons. The summed E-state index contributed by atoms with van der Waals surface area (Å²) in [5.74, 6) is -0.762. The maximum absolute atomic E-state index is 9.01. The third kappa shape index (κ3) is 16.7. The van der Waals surface area contributed by atoms with Gasteiger partial charge < -0.3 is 19.7 Å². The smallest absolute Gasteiger partial charge is 0.315 e. The Morgan fingerprint density at radius 3 is 1.29 bits per heavy atom. The lowest BCUT2D eigenvalue weighted by Crippen LogP contribution is -2.95. The Morgan fingerprint density at radius 2 is 0.964 bits per heavy atom. The van der Waals surface area contributed by atoms with E-state index >= 15 is 0 Å². The van der Waals surface area contributed by atoms with Crippen molar-refractivity contribution in [2.75, 3.05) is 33.5 Å². The molecule has 0 aromatic heterocycles. The topological polar surface area (TPSA) is 75.5 Å². The fourth-order valence-electron chi connectivity index (χ4n) is 3.68. The number of aliphatic hydroxyl groups is 2. The van der Waals surface area contributed by atoms with Crippen LogP contribution in [0.3, 0.4) is 0 Å². The fraction of sp³-hybridized carbons (Fsp3) is 1.00. The van der Waals surface area contributed by atoms with E-state index in [0.717, 1.165) is 12.8 Å². The van der Waals surface area contributed by atoms with E-state index < -0.39 is 5.91 Å². The van der Waals surface area contributed by atoms with Gasteiger partial charge in [0.2, 0.25) is 0 Å². The van der Waals surface area contributed by atoms with Crippen LogP contribution in [0.1, 0.15) is 110 Å². The summed E-state index contributed by atoms with van der Waals surface area (Å²) >= 11 is 0. The number of nitrogens with two attached hydrogens (primary N) is 1. The van der Waals surface area contributed by atoms with Gasteiger partial charge in [-0.3, -0.25) is 5.32 Å². The summed E-state index contributed by atoms with van der Waals surface area (Å²) in [5.41, 5.74) is 0. The number of ether oxygens (including phenoxy) is 2. The molecule has 0 unspecified atom stereocenters. The van der Waals surface area contributed by atoms with Crippen molar-refractivity contribution in [3.8, 4) is 0 Å². The molecule has 0 heterocycles. The first-order valence-electron chi connectivity index (χ1n) is 12.0. The average Bonchev–Trinajstić information content (AvgIpc) is 2.72. The molecule has 0 amide bonds. The summed E-state index contributed by atoms with van der Waals surface area (Å²) in [5, 5.41) is 19.9. The molecule has 0 bridgehead atoms. The molecule has 4 N–H and O–H groups in total. The minimum atomic E-state index is -0.762. The van der Waals surface area contributed by atoms with Crippen LogP contribution in [0.5, 0.6) is 0 Å². The SMILES string of the molecule is CCCCCCCCCCCCCCCCCC([NH2+]C)(OCCO)OCCO. The number of quaternary nitrogens is 1. The van der Waals surface area contributed by atoms with Crippen LogP contribution >= 0.6 is 0 Å². The van der Waals surface area contributed by atoms with Gasteiger partial charge in [-0.25, -0.2) is 0 Å². The standard InChI is InChI=1S/C23H49NO4/c1-3-4-5-6-7-8-9-10-11-12-13-14-15-16-17-18-23(24-2,27-21-19-25)28-22-20-26/h24-26H,3-22H2,1-2H3/p+1. The molecule has 0 saturated carbocycles. The molecule has 0 saturated heterocycles. The van der Waals surface area contributed by atoms with E-state index in [1.165, 1.54) is 89.9 Å². The first-order chi connectivity index (χ1) is 13.7. The Morgan fingerprint density at radius 1 is 0.607 bits per heavy atom. The highest BCUT2D eigenvalue weighted by Gasteiger charge is 2.34. The van der Waals surface area contributed by atoms with E-state index in [0.29, 0.717) is 0 Å². The fourth-order valence-corrected chi connectivity index (χ4v) is 3.68. The summed E-state index contributed by atoms with van der Waals surface area (Å²) in [6, 6.07) is 0. The van der Waals surface area contributed by atoms with Gasteiger partial charge in [-0.15, -0.1) is 0 Å². The zero-order chi connectivity index (χ0) is 20.8. The first-order valence-corrected chi connectivity index (χ1v) is 12.0. The van der Waals surface area contributed by atoms with Crippen LogP contribution in [0.15, 0.2) is 0 Å². The number of rotatable bonds is 23. The number of hydrogen-bond acceptors (Lipinski definition) is 4. The zero-order valence-corrected chi connectivity index (χ0v) is 18.9. The van der Waals surface area contributed by atoms with Crippen molar-refractivity contribution >= 4 is 0 Å². The molecule has 0 rings (SSSR count). The molecule has 0 spiro atoms. The van der Waals surface area contributed by atoms with Crippen LogP contribution in [0.2, 0.25) is 0 Å². The number of hydrogen-bond donors (Lipinski definition) is 3. The highest BCUT2D eigenvalue weighted by Crippen LogP contribution is 2.17. The second-order valence-electron chi connectivity index (χ2n) is 7.94. The quantitative estimate of drug-likeness (QED) is 0.177. The normalized spacial score (nSPS) is 12.0. The lowest BCUT2D eigenvalue weighted by atomic mass is 10.0. The van der Waals surface area contributed by atoms with E-state index in [1.54, 1.807) is 0 Å². The molecule has 0 aliphatic rings. The highest BCUT2D eigenvalue weighted by atomic mass is 16.7. The molecular formula is C23H50NO4+. The lowest BCUT2D eigenvalue weighted by Gasteiger charge is -2.29. The molecule has 5 nitrogen and oxygen atoms in total. The van der Waals surface area contributed by atoms with E-state index in [4.69, 9.17) is 19.7 Å². The summed E-state index contributed by atoms with van der Waals surface area (Å²) in [6.07, 6.45) is 21.0. The van der Waals surface area contributed by atoms with Crippen molar-refractivity contribution < 1.29 is 25.0 Å². The second kappa shape index (κ2) is 21.5. The molecule has 170 valence electrons. The van der Waals surface area contributed by atoms with Gasteiger partial charge in [0.1, 0.15) is 0 Å².